The molecule has 0 spiro atoms. The predicted molar refractivity (Wildman–Crippen MR) is 73.5 cm³/mol. The fraction of sp³-hybridized carbons (Fsp3) is 0. The monoisotopic (exact) mass is 342 g/mol. The van der Waals surface area contributed by atoms with Crippen LogP contribution in [0.2, 0.25) is 5.02 Å². The Morgan fingerprint density at radius 3 is 2.53 bits per heavy atom. The Balaban J connectivity index is 2.34. The van der Waals surface area contributed by atoms with E-state index in [9.17, 15) is 8.78 Å². The minimum Gasteiger partial charge on any atom is -0.353 e. The number of halogens is 4. The summed E-state index contributed by atoms with van der Waals surface area (Å²) in [6.07, 6.45) is 0. The highest BCUT2D eigenvalue weighted by molar-refractivity contribution is 9.10. The number of hydrogen-bond donors (Lipinski definition) is 1. The lowest BCUT2D eigenvalue weighted by atomic mass is 10.2. The molecule has 0 amide bonds. The van der Waals surface area contributed by atoms with Crippen molar-refractivity contribution in [3.8, 4) is 6.07 Å². The number of rotatable bonds is 2. The number of benzene rings is 2. The van der Waals surface area contributed by atoms with Crippen LogP contribution in [0, 0.1) is 23.0 Å². The quantitative estimate of drug-likeness (QED) is 0.779. The summed E-state index contributed by atoms with van der Waals surface area (Å²) < 4.78 is 26.8. The second-order valence-electron chi connectivity index (χ2n) is 3.68. The van der Waals surface area contributed by atoms with Crippen LogP contribution >= 0.6 is 27.5 Å². The third-order valence-corrected chi connectivity index (χ3v) is 3.30. The summed E-state index contributed by atoms with van der Waals surface area (Å²) in [5.74, 6) is -1.40. The van der Waals surface area contributed by atoms with Crippen LogP contribution in [0.25, 0.3) is 0 Å². The van der Waals surface area contributed by atoms with E-state index in [0.717, 1.165) is 6.07 Å². The molecule has 0 aliphatic heterocycles. The summed E-state index contributed by atoms with van der Waals surface area (Å²) in [4.78, 5) is 0. The SMILES string of the molecule is N#Cc1ccc(Nc2cc(Br)c(F)cc2F)cc1Cl. The van der Waals surface area contributed by atoms with E-state index in [1.165, 1.54) is 18.2 Å². The van der Waals surface area contributed by atoms with Crippen LogP contribution in [0.3, 0.4) is 0 Å². The van der Waals surface area contributed by atoms with Crippen molar-refractivity contribution in [1.82, 2.24) is 0 Å². The lowest BCUT2D eigenvalue weighted by molar-refractivity contribution is 0.581. The van der Waals surface area contributed by atoms with Crippen molar-refractivity contribution in [3.05, 3.63) is 57.0 Å². The minimum atomic E-state index is -0.721. The predicted octanol–water partition coefficient (Wildman–Crippen LogP) is 5.00. The maximum absolute atomic E-state index is 13.6. The molecule has 19 heavy (non-hydrogen) atoms. The first-order valence-electron chi connectivity index (χ1n) is 5.12. The van der Waals surface area contributed by atoms with Gasteiger partial charge in [0.2, 0.25) is 0 Å². The lowest BCUT2D eigenvalue weighted by Gasteiger charge is -2.09. The van der Waals surface area contributed by atoms with Gasteiger partial charge in [-0.05, 0) is 40.2 Å². The van der Waals surface area contributed by atoms with Gasteiger partial charge in [-0.2, -0.15) is 5.26 Å². The van der Waals surface area contributed by atoms with Crippen molar-refractivity contribution >= 4 is 38.9 Å². The molecular weight excluding hydrogens is 338 g/mol. The van der Waals surface area contributed by atoms with Gasteiger partial charge < -0.3 is 5.32 Å². The van der Waals surface area contributed by atoms with Gasteiger partial charge in [-0.25, -0.2) is 8.78 Å². The van der Waals surface area contributed by atoms with Gasteiger partial charge in [-0.3, -0.25) is 0 Å². The molecule has 0 heterocycles. The first kappa shape index (κ1) is 13.8. The summed E-state index contributed by atoms with van der Waals surface area (Å²) in [6.45, 7) is 0. The Labute approximate surface area is 121 Å². The number of anilines is 2. The van der Waals surface area contributed by atoms with Gasteiger partial charge in [0.05, 0.1) is 20.7 Å². The molecule has 0 aliphatic rings. The first-order valence-corrected chi connectivity index (χ1v) is 6.29. The van der Waals surface area contributed by atoms with Crippen molar-refractivity contribution in [2.45, 2.75) is 0 Å². The van der Waals surface area contributed by atoms with E-state index in [-0.39, 0.29) is 15.2 Å². The van der Waals surface area contributed by atoms with E-state index < -0.39 is 11.6 Å². The molecule has 0 bridgehead atoms. The van der Waals surface area contributed by atoms with Gasteiger partial charge in [0, 0.05) is 11.8 Å². The van der Waals surface area contributed by atoms with Gasteiger partial charge >= 0.3 is 0 Å². The molecule has 0 radical (unpaired) electrons. The van der Waals surface area contributed by atoms with E-state index in [0.29, 0.717) is 11.3 Å². The Kier molecular flexibility index (Phi) is 4.03. The van der Waals surface area contributed by atoms with Crippen molar-refractivity contribution in [3.63, 3.8) is 0 Å². The minimum absolute atomic E-state index is 0.106. The third-order valence-electron chi connectivity index (χ3n) is 2.38. The van der Waals surface area contributed by atoms with Gasteiger partial charge in [0.15, 0.2) is 0 Å². The second kappa shape index (κ2) is 5.55. The standard InChI is InChI=1S/C13H6BrClF2N2/c14-9-4-13(12(17)5-11(9)16)19-8-2-1-7(6-18)10(15)3-8/h1-5,19H. The average Bonchev–Trinajstić information content (AvgIpc) is 2.36. The molecular formula is C13H6BrClF2N2. The maximum Gasteiger partial charge on any atom is 0.149 e. The number of nitriles is 1. The van der Waals surface area contributed by atoms with E-state index in [1.807, 2.05) is 6.07 Å². The van der Waals surface area contributed by atoms with E-state index in [4.69, 9.17) is 16.9 Å². The number of hydrogen-bond acceptors (Lipinski definition) is 2. The molecule has 2 rings (SSSR count). The summed E-state index contributed by atoms with van der Waals surface area (Å²) in [6, 6.07) is 8.58. The van der Waals surface area contributed by atoms with E-state index in [2.05, 4.69) is 21.2 Å². The van der Waals surface area contributed by atoms with Gasteiger partial charge in [-0.15, -0.1) is 0 Å². The highest BCUT2D eigenvalue weighted by Gasteiger charge is 2.09. The molecule has 0 atom stereocenters. The van der Waals surface area contributed by atoms with E-state index in [1.54, 1.807) is 6.07 Å². The van der Waals surface area contributed by atoms with Gasteiger partial charge in [0.1, 0.15) is 17.7 Å². The molecule has 0 fully saturated rings. The molecule has 96 valence electrons. The van der Waals surface area contributed by atoms with Crippen molar-refractivity contribution in [2.24, 2.45) is 0 Å². The zero-order valence-corrected chi connectivity index (χ0v) is 11.7. The Morgan fingerprint density at radius 2 is 1.89 bits per heavy atom. The topological polar surface area (TPSA) is 35.8 Å². The van der Waals surface area contributed by atoms with Crippen molar-refractivity contribution < 1.29 is 8.78 Å². The molecule has 1 N–H and O–H groups in total. The molecule has 6 heteroatoms. The summed E-state index contributed by atoms with van der Waals surface area (Å²) in [7, 11) is 0. The van der Waals surface area contributed by atoms with Gasteiger partial charge in [0.25, 0.3) is 0 Å². The van der Waals surface area contributed by atoms with Crippen LogP contribution in [-0.4, -0.2) is 0 Å². The number of nitrogens with zero attached hydrogens (tertiary/aromatic N) is 1. The zero-order chi connectivity index (χ0) is 14.0. The molecule has 0 aliphatic carbocycles. The van der Waals surface area contributed by atoms with Crippen LogP contribution in [0.4, 0.5) is 20.2 Å². The molecule has 0 saturated carbocycles. The van der Waals surface area contributed by atoms with E-state index >= 15 is 0 Å². The Bertz CT molecular complexity index is 683. The number of nitrogens with one attached hydrogen (secondary N) is 1. The fourth-order valence-electron chi connectivity index (χ4n) is 1.46. The highest BCUT2D eigenvalue weighted by atomic mass is 79.9. The second-order valence-corrected chi connectivity index (χ2v) is 4.94. The van der Waals surface area contributed by atoms with Crippen LogP contribution in [0.15, 0.2) is 34.8 Å². The Morgan fingerprint density at radius 1 is 1.16 bits per heavy atom. The average molecular weight is 344 g/mol. The third kappa shape index (κ3) is 3.03. The normalized spacial score (nSPS) is 10.1. The Hall–Kier alpha value is -1.64. The molecule has 0 unspecified atom stereocenters. The van der Waals surface area contributed by atoms with Crippen molar-refractivity contribution in [2.75, 3.05) is 5.32 Å². The summed E-state index contributed by atoms with van der Waals surface area (Å²) >= 11 is 8.85. The van der Waals surface area contributed by atoms with Crippen LogP contribution in [0.1, 0.15) is 5.56 Å². The summed E-state index contributed by atoms with van der Waals surface area (Å²) in [5, 5.41) is 11.8. The summed E-state index contributed by atoms with van der Waals surface area (Å²) in [5.41, 5.74) is 0.934. The molecule has 2 aromatic rings. The van der Waals surface area contributed by atoms with Crippen LogP contribution < -0.4 is 5.32 Å². The smallest absolute Gasteiger partial charge is 0.149 e. The fourth-order valence-corrected chi connectivity index (χ4v) is 2.02. The molecule has 0 aromatic heterocycles. The zero-order valence-electron chi connectivity index (χ0n) is 9.35. The highest BCUT2D eigenvalue weighted by Crippen LogP contribution is 2.28. The van der Waals surface area contributed by atoms with Crippen molar-refractivity contribution in [1.29, 1.82) is 5.26 Å². The lowest BCUT2D eigenvalue weighted by Crippen LogP contribution is -1.96. The van der Waals surface area contributed by atoms with Crippen LogP contribution in [0.5, 0.6) is 0 Å². The molecule has 2 aromatic carbocycles. The van der Waals surface area contributed by atoms with Gasteiger partial charge in [-0.1, -0.05) is 11.6 Å². The first-order chi connectivity index (χ1) is 9.01. The molecule has 0 saturated heterocycles. The maximum atomic E-state index is 13.6. The molecule has 2 nitrogen and oxygen atoms in total. The largest absolute Gasteiger partial charge is 0.353 e. The van der Waals surface area contributed by atoms with Crippen LogP contribution in [-0.2, 0) is 0 Å².